The average Bonchev–Trinajstić information content (AvgIpc) is 2.87. The summed E-state index contributed by atoms with van der Waals surface area (Å²) in [5.74, 6) is -0.386. The molecule has 1 aromatic carbocycles. The summed E-state index contributed by atoms with van der Waals surface area (Å²) in [6.07, 6.45) is 3.28. The molecule has 0 saturated carbocycles. The molecule has 2 rings (SSSR count). The van der Waals surface area contributed by atoms with E-state index in [0.717, 1.165) is 25.8 Å². The molecule has 2 amide bonds. The Labute approximate surface area is 169 Å². The van der Waals surface area contributed by atoms with Crippen LogP contribution in [0.4, 0.5) is 4.79 Å². The molecule has 0 bridgehead atoms. The number of ether oxygens (including phenoxy) is 2. The van der Waals surface area contributed by atoms with Crippen molar-refractivity contribution in [3.63, 3.8) is 0 Å². The normalized spacial score (nSPS) is 16.7. The number of rotatable bonds is 7. The molecule has 0 spiro atoms. The van der Waals surface area contributed by atoms with Crippen molar-refractivity contribution in [3.05, 3.63) is 44.9 Å². The van der Waals surface area contributed by atoms with Crippen molar-refractivity contribution in [2.45, 2.75) is 19.9 Å². The lowest BCUT2D eigenvalue weighted by Crippen LogP contribution is -2.42. The van der Waals surface area contributed by atoms with Gasteiger partial charge in [0.1, 0.15) is 18.4 Å². The first-order valence-corrected chi connectivity index (χ1v) is 9.75. The lowest BCUT2D eigenvalue weighted by Gasteiger charge is -2.19. The van der Waals surface area contributed by atoms with Gasteiger partial charge in [0, 0.05) is 0 Å². The van der Waals surface area contributed by atoms with Crippen molar-refractivity contribution in [1.29, 1.82) is 0 Å². The summed E-state index contributed by atoms with van der Waals surface area (Å²) in [6, 6.07) is 4.48. The largest absolute Gasteiger partial charge is 0.488 e. The average molecular weight is 487 g/mol. The van der Waals surface area contributed by atoms with E-state index < -0.39 is 23.2 Å². The number of hydrogen-bond donors (Lipinski definition) is 0. The van der Waals surface area contributed by atoms with E-state index in [0.29, 0.717) is 12.4 Å². The van der Waals surface area contributed by atoms with Crippen molar-refractivity contribution in [3.8, 4) is 5.75 Å². The van der Waals surface area contributed by atoms with E-state index in [-0.39, 0.29) is 11.5 Å². The zero-order valence-electron chi connectivity index (χ0n) is 14.4. The third-order valence-corrected chi connectivity index (χ3v) is 5.18. The monoisotopic (exact) mass is 487 g/mol. The number of esters is 1. The van der Waals surface area contributed by atoms with Crippen LogP contribution >= 0.6 is 34.4 Å². The number of halogens is 1. The van der Waals surface area contributed by atoms with Gasteiger partial charge in [0.2, 0.25) is 0 Å². The Balaban J connectivity index is 2.20. The lowest BCUT2D eigenvalue weighted by molar-refractivity contribution is -0.150. The van der Waals surface area contributed by atoms with Gasteiger partial charge in [-0.25, -0.2) is 4.79 Å². The van der Waals surface area contributed by atoms with Crippen LogP contribution in [0.25, 0.3) is 6.08 Å². The number of imide groups is 1. The first-order valence-electron chi connectivity index (χ1n) is 7.86. The van der Waals surface area contributed by atoms with Crippen LogP contribution in [0, 0.1) is 3.57 Å². The minimum atomic E-state index is -0.955. The highest BCUT2D eigenvalue weighted by Gasteiger charge is 2.41. The van der Waals surface area contributed by atoms with Gasteiger partial charge in [-0.3, -0.25) is 14.5 Å². The molecule has 1 aliphatic rings. The maximum absolute atomic E-state index is 12.5. The topological polar surface area (TPSA) is 72.9 Å². The van der Waals surface area contributed by atoms with Crippen LogP contribution < -0.4 is 4.74 Å². The molecule has 0 radical (unpaired) electrons. The van der Waals surface area contributed by atoms with E-state index in [9.17, 15) is 14.4 Å². The fraction of sp³-hybridized carbons (Fsp3) is 0.278. The molecule has 1 saturated heterocycles. The van der Waals surface area contributed by atoms with Gasteiger partial charge in [0.25, 0.3) is 11.1 Å². The highest BCUT2D eigenvalue weighted by atomic mass is 127. The molecule has 1 fully saturated rings. The van der Waals surface area contributed by atoms with E-state index in [2.05, 4.69) is 29.2 Å². The Morgan fingerprint density at radius 3 is 2.77 bits per heavy atom. The quantitative estimate of drug-likeness (QED) is 0.252. The molecule has 1 atom stereocenters. The summed E-state index contributed by atoms with van der Waals surface area (Å²) in [5.41, 5.74) is 0.759. The van der Waals surface area contributed by atoms with Gasteiger partial charge in [-0.05, 0) is 72.0 Å². The van der Waals surface area contributed by atoms with Gasteiger partial charge < -0.3 is 9.47 Å². The van der Waals surface area contributed by atoms with E-state index in [1.54, 1.807) is 31.2 Å². The molecule has 6 nitrogen and oxygen atoms in total. The number of nitrogens with zero attached hydrogens (tertiary/aromatic N) is 1. The lowest BCUT2D eigenvalue weighted by atomic mass is 10.2. The SMILES string of the molecule is C=CCOc1ccc(/C=C2/SC(=O)N([C@@H](C)C(=O)OCC)C2=O)cc1I. The standard InChI is InChI=1S/C18H18INO5S/c1-4-8-25-14-7-6-12(9-13(14)19)10-15-16(21)20(18(23)26-15)11(3)17(22)24-5-2/h4,6-7,9-11H,1,5,8H2,2-3H3/b15-10+/t11-/m0/s1. The second-order valence-electron chi connectivity index (χ2n) is 5.27. The summed E-state index contributed by atoms with van der Waals surface area (Å²) < 4.78 is 11.3. The zero-order valence-corrected chi connectivity index (χ0v) is 17.3. The van der Waals surface area contributed by atoms with Crippen molar-refractivity contribution in [2.24, 2.45) is 0 Å². The Morgan fingerprint density at radius 1 is 1.42 bits per heavy atom. The van der Waals surface area contributed by atoms with Crippen LogP contribution in [0.3, 0.4) is 0 Å². The second kappa shape index (κ2) is 9.22. The molecule has 138 valence electrons. The van der Waals surface area contributed by atoms with E-state index in [4.69, 9.17) is 9.47 Å². The van der Waals surface area contributed by atoms with E-state index in [1.807, 2.05) is 6.07 Å². The van der Waals surface area contributed by atoms with Gasteiger partial charge in [0.05, 0.1) is 15.1 Å². The number of amides is 2. The number of carbonyl (C=O) groups excluding carboxylic acids is 3. The van der Waals surface area contributed by atoms with Crippen LogP contribution in [-0.2, 0) is 14.3 Å². The first-order chi connectivity index (χ1) is 12.4. The Hall–Kier alpha value is -1.81. The number of benzene rings is 1. The second-order valence-corrected chi connectivity index (χ2v) is 7.42. The highest BCUT2D eigenvalue weighted by Crippen LogP contribution is 2.34. The molecular weight excluding hydrogens is 469 g/mol. The third kappa shape index (κ3) is 4.67. The molecule has 8 heteroatoms. The van der Waals surface area contributed by atoms with Gasteiger partial charge in [-0.1, -0.05) is 18.7 Å². The number of carbonyl (C=O) groups is 3. The molecule has 0 N–H and O–H groups in total. The highest BCUT2D eigenvalue weighted by molar-refractivity contribution is 14.1. The van der Waals surface area contributed by atoms with Crippen molar-refractivity contribution in [2.75, 3.05) is 13.2 Å². The van der Waals surface area contributed by atoms with Gasteiger partial charge in [-0.2, -0.15) is 0 Å². The molecular formula is C18H18INO5S. The predicted octanol–water partition coefficient (Wildman–Crippen LogP) is 3.84. The molecule has 1 aromatic rings. The minimum Gasteiger partial charge on any atom is -0.488 e. The Morgan fingerprint density at radius 2 is 2.15 bits per heavy atom. The maximum atomic E-state index is 12.5. The Bertz CT molecular complexity index is 777. The zero-order chi connectivity index (χ0) is 19.3. The summed E-state index contributed by atoms with van der Waals surface area (Å²) in [6.45, 7) is 7.34. The minimum absolute atomic E-state index is 0.188. The maximum Gasteiger partial charge on any atom is 0.329 e. The van der Waals surface area contributed by atoms with Crippen LogP contribution in [0.5, 0.6) is 5.75 Å². The number of hydrogen-bond acceptors (Lipinski definition) is 6. The van der Waals surface area contributed by atoms with Crippen LogP contribution in [-0.4, -0.2) is 41.3 Å². The van der Waals surface area contributed by atoms with Crippen molar-refractivity contribution < 1.29 is 23.9 Å². The molecule has 1 heterocycles. The van der Waals surface area contributed by atoms with Crippen LogP contribution in [0.2, 0.25) is 0 Å². The molecule has 26 heavy (non-hydrogen) atoms. The first kappa shape index (κ1) is 20.5. The Kier molecular flexibility index (Phi) is 7.27. The predicted molar refractivity (Wildman–Crippen MR) is 109 cm³/mol. The molecule has 0 aliphatic carbocycles. The van der Waals surface area contributed by atoms with Gasteiger partial charge in [-0.15, -0.1) is 0 Å². The summed E-state index contributed by atoms with van der Waals surface area (Å²) in [4.78, 5) is 37.7. The molecule has 1 aliphatic heterocycles. The van der Waals surface area contributed by atoms with Crippen LogP contribution in [0.15, 0.2) is 35.8 Å². The third-order valence-electron chi connectivity index (χ3n) is 3.45. The van der Waals surface area contributed by atoms with Crippen LogP contribution in [0.1, 0.15) is 19.4 Å². The summed E-state index contributed by atoms with van der Waals surface area (Å²) >= 11 is 2.94. The fourth-order valence-electron chi connectivity index (χ4n) is 2.21. The summed E-state index contributed by atoms with van der Waals surface area (Å²) in [7, 11) is 0. The molecule has 0 aromatic heterocycles. The number of thioether (sulfide) groups is 1. The van der Waals surface area contributed by atoms with E-state index in [1.165, 1.54) is 6.92 Å². The molecule has 0 unspecified atom stereocenters. The van der Waals surface area contributed by atoms with E-state index >= 15 is 0 Å². The smallest absolute Gasteiger partial charge is 0.329 e. The van der Waals surface area contributed by atoms with Crippen molar-refractivity contribution in [1.82, 2.24) is 4.90 Å². The van der Waals surface area contributed by atoms with Crippen molar-refractivity contribution >= 4 is 57.5 Å². The van der Waals surface area contributed by atoms with Gasteiger partial charge in [0.15, 0.2) is 0 Å². The summed E-state index contributed by atoms with van der Waals surface area (Å²) in [5, 5.41) is -0.484. The fourth-order valence-corrected chi connectivity index (χ4v) is 3.81. The van der Waals surface area contributed by atoms with Gasteiger partial charge >= 0.3 is 5.97 Å².